The minimum Gasteiger partial charge on any atom is -0.756 e. The summed E-state index contributed by atoms with van der Waals surface area (Å²) in [6.45, 7) is 4.85. The Morgan fingerprint density at radius 3 is 1.92 bits per heavy atom. The number of carbonyl (C=O) groups excluding carboxylic acids is 1. The molecule has 1 aliphatic carbocycles. The lowest BCUT2D eigenvalue weighted by molar-refractivity contribution is -0.907. The standard InChI is InChI=1S/C29H56NO7P/c1-5-6-7-8-9-10-11-12-13-14-15-16-17-18-19-34-23-28(36-25(2)31)24-35-38(32,33)37-29-21-27-20-26(29)22-30(27,3)4/h26-29H,5-24H2,1-4H3. The van der Waals surface area contributed by atoms with Crippen molar-refractivity contribution < 1.29 is 37.3 Å². The molecule has 0 N–H and O–H groups in total. The van der Waals surface area contributed by atoms with Crippen LogP contribution in [-0.2, 0) is 27.9 Å². The zero-order valence-corrected chi connectivity index (χ0v) is 25.6. The molecule has 38 heavy (non-hydrogen) atoms. The fraction of sp³-hybridized carbons (Fsp3) is 0.966. The van der Waals surface area contributed by atoms with Crippen LogP contribution in [0.15, 0.2) is 0 Å². The van der Waals surface area contributed by atoms with Crippen molar-refractivity contribution in [2.75, 3.05) is 40.5 Å². The third-order valence-corrected chi connectivity index (χ3v) is 9.25. The van der Waals surface area contributed by atoms with Gasteiger partial charge in [0.25, 0.3) is 7.82 Å². The maximum atomic E-state index is 12.4. The van der Waals surface area contributed by atoms with Gasteiger partial charge in [-0.05, 0) is 6.42 Å². The van der Waals surface area contributed by atoms with E-state index in [0.29, 0.717) is 12.6 Å². The zero-order valence-electron chi connectivity index (χ0n) is 24.7. The predicted molar refractivity (Wildman–Crippen MR) is 149 cm³/mol. The van der Waals surface area contributed by atoms with Gasteiger partial charge in [-0.25, -0.2) is 0 Å². The van der Waals surface area contributed by atoms with Crippen LogP contribution in [0.1, 0.15) is 117 Å². The molecule has 1 saturated heterocycles. The van der Waals surface area contributed by atoms with Crippen LogP contribution in [0.2, 0.25) is 0 Å². The molecule has 0 radical (unpaired) electrons. The van der Waals surface area contributed by atoms with Gasteiger partial charge in [0.05, 0.1) is 46.0 Å². The van der Waals surface area contributed by atoms with Crippen molar-refractivity contribution >= 4 is 13.8 Å². The van der Waals surface area contributed by atoms with E-state index in [9.17, 15) is 14.3 Å². The van der Waals surface area contributed by atoms with Crippen molar-refractivity contribution in [3.63, 3.8) is 0 Å². The zero-order chi connectivity index (χ0) is 27.9. The second-order valence-corrected chi connectivity index (χ2v) is 13.5. The number of rotatable bonds is 23. The van der Waals surface area contributed by atoms with Crippen molar-refractivity contribution in [2.45, 2.75) is 135 Å². The first-order valence-corrected chi connectivity index (χ1v) is 16.8. The fourth-order valence-electron chi connectivity index (χ4n) is 6.04. The molecule has 2 fully saturated rings. The number of hydrogen-bond donors (Lipinski definition) is 0. The summed E-state index contributed by atoms with van der Waals surface area (Å²) >= 11 is 0. The van der Waals surface area contributed by atoms with Gasteiger partial charge in [0, 0.05) is 32.3 Å². The number of ether oxygens (including phenoxy) is 2. The van der Waals surface area contributed by atoms with E-state index in [2.05, 4.69) is 21.0 Å². The summed E-state index contributed by atoms with van der Waals surface area (Å²) in [6, 6.07) is 0.432. The van der Waals surface area contributed by atoms with Gasteiger partial charge in [0.2, 0.25) is 0 Å². The first kappa shape index (κ1) is 33.7. The molecular weight excluding hydrogens is 505 g/mol. The molecule has 1 heterocycles. The highest BCUT2D eigenvalue weighted by molar-refractivity contribution is 7.45. The Labute approximate surface area is 232 Å². The van der Waals surface area contributed by atoms with Crippen LogP contribution in [0.3, 0.4) is 0 Å². The van der Waals surface area contributed by atoms with Crippen LogP contribution >= 0.6 is 7.82 Å². The molecule has 1 aliphatic heterocycles. The molecule has 2 aliphatic rings. The van der Waals surface area contributed by atoms with Crippen molar-refractivity contribution in [2.24, 2.45) is 5.92 Å². The topological polar surface area (TPSA) is 94.1 Å². The number of hydrogen-bond acceptors (Lipinski definition) is 7. The molecule has 2 bridgehead atoms. The minimum atomic E-state index is -4.49. The summed E-state index contributed by atoms with van der Waals surface area (Å²) < 4.78 is 34.7. The second kappa shape index (κ2) is 18.0. The molecule has 8 nitrogen and oxygen atoms in total. The molecule has 224 valence electrons. The summed E-state index contributed by atoms with van der Waals surface area (Å²) in [4.78, 5) is 23.9. The van der Waals surface area contributed by atoms with Gasteiger partial charge in [-0.2, -0.15) is 0 Å². The molecule has 0 aromatic carbocycles. The van der Waals surface area contributed by atoms with E-state index in [1.165, 1.54) is 84.0 Å². The normalized spacial score (nSPS) is 24.4. The van der Waals surface area contributed by atoms with E-state index >= 15 is 0 Å². The van der Waals surface area contributed by atoms with E-state index in [1.807, 2.05) is 0 Å². The Kier molecular flexibility index (Phi) is 16.0. The van der Waals surface area contributed by atoms with Crippen molar-refractivity contribution in [1.82, 2.24) is 0 Å². The lowest BCUT2D eigenvalue weighted by Crippen LogP contribution is -2.49. The Balaban J connectivity index is 1.48. The van der Waals surface area contributed by atoms with Crippen LogP contribution in [0.25, 0.3) is 0 Å². The molecule has 9 heteroatoms. The number of likely N-dealkylation sites (tertiary alicyclic amines) is 1. The largest absolute Gasteiger partial charge is 0.756 e. The number of phosphoric acid groups is 1. The number of phosphoric ester groups is 1. The summed E-state index contributed by atoms with van der Waals surface area (Å²) in [6.07, 6.45) is 18.8. The van der Waals surface area contributed by atoms with Gasteiger partial charge in [-0.3, -0.25) is 9.36 Å². The molecule has 0 amide bonds. The number of quaternary nitrogens is 1. The van der Waals surface area contributed by atoms with E-state index in [4.69, 9.17) is 18.5 Å². The van der Waals surface area contributed by atoms with Gasteiger partial charge in [-0.1, -0.05) is 90.4 Å². The van der Waals surface area contributed by atoms with Crippen LogP contribution in [0, 0.1) is 5.92 Å². The number of esters is 1. The number of carbonyl (C=O) groups is 1. The first-order valence-electron chi connectivity index (χ1n) is 15.3. The molecule has 0 aromatic heterocycles. The number of piperidine rings is 1. The molecule has 2 rings (SSSR count). The van der Waals surface area contributed by atoms with Crippen LogP contribution < -0.4 is 4.89 Å². The molecular formula is C29H56NO7P. The van der Waals surface area contributed by atoms with Crippen LogP contribution in [0.5, 0.6) is 0 Å². The van der Waals surface area contributed by atoms with Gasteiger partial charge >= 0.3 is 5.97 Å². The summed E-state index contributed by atoms with van der Waals surface area (Å²) in [7, 11) is -0.136. The smallest absolute Gasteiger partial charge is 0.303 e. The van der Waals surface area contributed by atoms with Crippen molar-refractivity contribution in [3.8, 4) is 0 Å². The monoisotopic (exact) mass is 561 g/mol. The highest BCUT2D eigenvalue weighted by Crippen LogP contribution is 2.49. The molecule has 0 spiro atoms. The van der Waals surface area contributed by atoms with E-state index in [0.717, 1.165) is 36.7 Å². The summed E-state index contributed by atoms with van der Waals surface area (Å²) in [5.74, 6) is -0.257. The third-order valence-electron chi connectivity index (χ3n) is 8.26. The van der Waals surface area contributed by atoms with E-state index < -0.39 is 19.9 Å². The average molecular weight is 562 g/mol. The van der Waals surface area contributed by atoms with Crippen LogP contribution in [0.4, 0.5) is 0 Å². The number of nitrogens with zero attached hydrogens (tertiary/aromatic N) is 1. The lowest BCUT2D eigenvalue weighted by atomic mass is 10.0. The van der Waals surface area contributed by atoms with Crippen molar-refractivity contribution in [3.05, 3.63) is 0 Å². The first-order chi connectivity index (χ1) is 18.1. The quantitative estimate of drug-likeness (QED) is 0.0639. The van der Waals surface area contributed by atoms with Gasteiger partial charge < -0.3 is 27.9 Å². The van der Waals surface area contributed by atoms with E-state index in [-0.39, 0.29) is 25.2 Å². The third kappa shape index (κ3) is 13.7. The highest BCUT2D eigenvalue weighted by Gasteiger charge is 2.53. The van der Waals surface area contributed by atoms with Crippen molar-refractivity contribution in [1.29, 1.82) is 0 Å². The SMILES string of the molecule is CCCCCCCCCCCCCCCCOCC(COP(=O)([O-])OC1CC2CC1C[N+]2(C)C)OC(C)=O. The fourth-order valence-corrected chi connectivity index (χ4v) is 7.04. The van der Waals surface area contributed by atoms with E-state index in [1.54, 1.807) is 0 Å². The van der Waals surface area contributed by atoms with Gasteiger partial charge in [0.1, 0.15) is 6.10 Å². The maximum Gasteiger partial charge on any atom is 0.303 e. The predicted octanol–water partition coefficient (Wildman–Crippen LogP) is 6.15. The Morgan fingerprint density at radius 1 is 0.895 bits per heavy atom. The average Bonchev–Trinajstić information content (AvgIpc) is 3.37. The molecule has 0 aromatic rings. The Morgan fingerprint density at radius 2 is 1.45 bits per heavy atom. The molecule has 5 unspecified atom stereocenters. The number of fused-ring (bicyclic) bond motifs is 2. The minimum absolute atomic E-state index is 0.109. The lowest BCUT2D eigenvalue weighted by Gasteiger charge is -2.38. The van der Waals surface area contributed by atoms with Gasteiger partial charge in [-0.15, -0.1) is 0 Å². The number of unbranched alkanes of at least 4 members (excludes halogenated alkanes) is 13. The second-order valence-electron chi connectivity index (χ2n) is 12.1. The Bertz CT molecular complexity index is 704. The van der Waals surface area contributed by atoms with Crippen LogP contribution in [-0.4, -0.2) is 69.2 Å². The Hall–Kier alpha value is -0.500. The highest BCUT2D eigenvalue weighted by atomic mass is 31.2. The summed E-state index contributed by atoms with van der Waals surface area (Å²) in [5, 5.41) is 0. The molecule has 1 saturated carbocycles. The molecule has 5 atom stereocenters. The van der Waals surface area contributed by atoms with Gasteiger partial charge in [0.15, 0.2) is 0 Å². The summed E-state index contributed by atoms with van der Waals surface area (Å²) in [5.41, 5.74) is 0. The maximum absolute atomic E-state index is 12.4.